The fourth-order valence-electron chi connectivity index (χ4n) is 1.75. The standard InChI is InChI=1S/C7H14ClN/c1-6-2-7(3-6,4-8)5-9/h6H,2-5,9H2,1H3. The molecule has 0 aromatic rings. The maximum absolute atomic E-state index is 5.75. The van der Waals surface area contributed by atoms with Crippen LogP contribution in [0.1, 0.15) is 19.8 Å². The molecule has 0 spiro atoms. The summed E-state index contributed by atoms with van der Waals surface area (Å²) in [5.74, 6) is 1.60. The molecule has 0 aliphatic heterocycles. The molecule has 0 aromatic carbocycles. The molecule has 1 aliphatic carbocycles. The lowest BCUT2D eigenvalue weighted by Crippen LogP contribution is -2.43. The van der Waals surface area contributed by atoms with Gasteiger partial charge in [-0.15, -0.1) is 11.6 Å². The van der Waals surface area contributed by atoms with Gasteiger partial charge in [-0.25, -0.2) is 0 Å². The zero-order valence-corrected chi connectivity index (χ0v) is 6.62. The molecule has 1 aliphatic rings. The van der Waals surface area contributed by atoms with Gasteiger partial charge in [0.05, 0.1) is 0 Å². The van der Waals surface area contributed by atoms with E-state index >= 15 is 0 Å². The quantitative estimate of drug-likeness (QED) is 0.590. The van der Waals surface area contributed by atoms with Gasteiger partial charge in [-0.3, -0.25) is 0 Å². The fourth-order valence-corrected chi connectivity index (χ4v) is 2.08. The molecule has 1 saturated carbocycles. The topological polar surface area (TPSA) is 26.0 Å². The molecule has 9 heavy (non-hydrogen) atoms. The van der Waals surface area contributed by atoms with E-state index in [0.29, 0.717) is 5.41 Å². The monoisotopic (exact) mass is 147 g/mol. The first-order chi connectivity index (χ1) is 4.22. The highest BCUT2D eigenvalue weighted by Gasteiger charge is 2.39. The molecule has 2 heteroatoms. The van der Waals surface area contributed by atoms with Crippen molar-refractivity contribution in [3.63, 3.8) is 0 Å². The number of alkyl halides is 1. The summed E-state index contributed by atoms with van der Waals surface area (Å²) in [6.07, 6.45) is 2.46. The summed E-state index contributed by atoms with van der Waals surface area (Å²) in [6, 6.07) is 0. The molecule has 0 saturated heterocycles. The van der Waals surface area contributed by atoms with Gasteiger partial charge in [-0.1, -0.05) is 6.92 Å². The van der Waals surface area contributed by atoms with Crippen LogP contribution >= 0.6 is 11.6 Å². The lowest BCUT2D eigenvalue weighted by atomic mass is 9.64. The molecule has 0 heterocycles. The van der Waals surface area contributed by atoms with E-state index in [0.717, 1.165) is 18.3 Å². The fraction of sp³-hybridized carbons (Fsp3) is 1.00. The van der Waals surface area contributed by atoms with Crippen molar-refractivity contribution in [1.82, 2.24) is 0 Å². The molecule has 1 nitrogen and oxygen atoms in total. The number of nitrogens with two attached hydrogens (primary N) is 1. The summed E-state index contributed by atoms with van der Waals surface area (Å²) in [7, 11) is 0. The Kier molecular flexibility index (Phi) is 2.02. The highest BCUT2D eigenvalue weighted by molar-refractivity contribution is 6.18. The molecular weight excluding hydrogens is 134 g/mol. The minimum atomic E-state index is 0.320. The second-order valence-corrected chi connectivity index (χ2v) is 3.62. The number of halogens is 1. The van der Waals surface area contributed by atoms with E-state index in [4.69, 9.17) is 17.3 Å². The largest absolute Gasteiger partial charge is 0.330 e. The van der Waals surface area contributed by atoms with Crippen molar-refractivity contribution >= 4 is 11.6 Å². The zero-order chi connectivity index (χ0) is 6.91. The third-order valence-electron chi connectivity index (χ3n) is 2.28. The first kappa shape index (κ1) is 7.36. The van der Waals surface area contributed by atoms with Crippen LogP contribution in [0, 0.1) is 11.3 Å². The van der Waals surface area contributed by atoms with Crippen LogP contribution in [0.4, 0.5) is 0 Å². The van der Waals surface area contributed by atoms with Crippen LogP contribution in [-0.2, 0) is 0 Å². The van der Waals surface area contributed by atoms with Crippen molar-refractivity contribution in [1.29, 1.82) is 0 Å². The van der Waals surface area contributed by atoms with Crippen LogP contribution in [0.2, 0.25) is 0 Å². The highest BCUT2D eigenvalue weighted by atomic mass is 35.5. The van der Waals surface area contributed by atoms with Crippen molar-refractivity contribution in [2.45, 2.75) is 19.8 Å². The Hall–Kier alpha value is 0.250. The summed E-state index contributed by atoms with van der Waals surface area (Å²) in [5, 5.41) is 0. The van der Waals surface area contributed by atoms with Crippen molar-refractivity contribution in [3.05, 3.63) is 0 Å². The molecule has 0 aromatic heterocycles. The summed E-state index contributed by atoms with van der Waals surface area (Å²) < 4.78 is 0. The van der Waals surface area contributed by atoms with Crippen LogP contribution in [0.3, 0.4) is 0 Å². The molecule has 54 valence electrons. The SMILES string of the molecule is CC1CC(CN)(CCl)C1. The van der Waals surface area contributed by atoms with Gasteiger partial charge >= 0.3 is 0 Å². The first-order valence-electron chi connectivity index (χ1n) is 3.48. The Morgan fingerprint density at radius 2 is 2.22 bits per heavy atom. The van der Waals surface area contributed by atoms with Gasteiger partial charge in [-0.2, -0.15) is 0 Å². The van der Waals surface area contributed by atoms with Gasteiger partial charge < -0.3 is 5.73 Å². The Labute approximate surface area is 61.6 Å². The highest BCUT2D eigenvalue weighted by Crippen LogP contribution is 2.45. The van der Waals surface area contributed by atoms with Crippen LogP contribution in [0.15, 0.2) is 0 Å². The molecule has 0 atom stereocenters. The average molecular weight is 148 g/mol. The molecule has 1 rings (SSSR count). The Morgan fingerprint density at radius 1 is 1.67 bits per heavy atom. The van der Waals surface area contributed by atoms with Gasteiger partial charge in [0.15, 0.2) is 0 Å². The summed E-state index contributed by atoms with van der Waals surface area (Å²) in [6.45, 7) is 3.02. The lowest BCUT2D eigenvalue weighted by molar-refractivity contribution is 0.102. The Bertz CT molecular complexity index is 91.1. The molecule has 1 fully saturated rings. The van der Waals surface area contributed by atoms with Crippen LogP contribution < -0.4 is 5.73 Å². The summed E-state index contributed by atoms with van der Waals surface area (Å²) in [5.41, 5.74) is 5.88. The molecule has 0 bridgehead atoms. The van der Waals surface area contributed by atoms with Crippen LogP contribution in [0.5, 0.6) is 0 Å². The van der Waals surface area contributed by atoms with E-state index in [1.165, 1.54) is 12.8 Å². The van der Waals surface area contributed by atoms with E-state index in [1.54, 1.807) is 0 Å². The summed E-state index contributed by atoms with van der Waals surface area (Å²) >= 11 is 5.75. The second kappa shape index (κ2) is 2.47. The predicted octanol–water partition coefficient (Wildman–Crippen LogP) is 1.60. The van der Waals surface area contributed by atoms with E-state index in [9.17, 15) is 0 Å². The predicted molar refractivity (Wildman–Crippen MR) is 40.6 cm³/mol. The van der Waals surface area contributed by atoms with E-state index in [-0.39, 0.29) is 0 Å². The van der Waals surface area contributed by atoms with Gasteiger partial charge in [0.1, 0.15) is 0 Å². The number of rotatable bonds is 2. The Balaban J connectivity index is 2.36. The normalized spacial score (nSPS) is 42.3. The van der Waals surface area contributed by atoms with Crippen LogP contribution in [-0.4, -0.2) is 12.4 Å². The maximum atomic E-state index is 5.75. The maximum Gasteiger partial charge on any atom is 0.0292 e. The van der Waals surface area contributed by atoms with E-state index in [1.807, 2.05) is 0 Å². The van der Waals surface area contributed by atoms with Crippen molar-refractivity contribution in [2.75, 3.05) is 12.4 Å². The summed E-state index contributed by atoms with van der Waals surface area (Å²) in [4.78, 5) is 0. The molecule has 2 N–H and O–H groups in total. The Morgan fingerprint density at radius 3 is 2.33 bits per heavy atom. The zero-order valence-electron chi connectivity index (χ0n) is 5.86. The van der Waals surface area contributed by atoms with Crippen molar-refractivity contribution < 1.29 is 0 Å². The van der Waals surface area contributed by atoms with Crippen LogP contribution in [0.25, 0.3) is 0 Å². The lowest BCUT2D eigenvalue weighted by Gasteiger charge is -2.44. The molecular formula is C7H14ClN. The third kappa shape index (κ3) is 1.22. The van der Waals surface area contributed by atoms with E-state index < -0.39 is 0 Å². The number of hydrogen-bond acceptors (Lipinski definition) is 1. The second-order valence-electron chi connectivity index (χ2n) is 3.35. The molecule has 0 amide bonds. The van der Waals surface area contributed by atoms with Crippen molar-refractivity contribution in [2.24, 2.45) is 17.1 Å². The van der Waals surface area contributed by atoms with Gasteiger partial charge in [0.2, 0.25) is 0 Å². The van der Waals surface area contributed by atoms with Crippen molar-refractivity contribution in [3.8, 4) is 0 Å². The van der Waals surface area contributed by atoms with Gasteiger partial charge in [0.25, 0.3) is 0 Å². The smallest absolute Gasteiger partial charge is 0.0292 e. The van der Waals surface area contributed by atoms with E-state index in [2.05, 4.69) is 6.92 Å². The molecule has 0 unspecified atom stereocenters. The van der Waals surface area contributed by atoms with Gasteiger partial charge in [-0.05, 0) is 30.7 Å². The minimum absolute atomic E-state index is 0.320. The first-order valence-corrected chi connectivity index (χ1v) is 4.02. The number of hydrogen-bond donors (Lipinski definition) is 1. The third-order valence-corrected chi connectivity index (χ3v) is 2.85. The average Bonchev–Trinajstić information content (AvgIpc) is 1.81. The minimum Gasteiger partial charge on any atom is -0.330 e. The van der Waals surface area contributed by atoms with Gasteiger partial charge in [0, 0.05) is 5.88 Å². The molecule has 0 radical (unpaired) electrons.